The molecule has 0 unspecified atom stereocenters. The van der Waals surface area contributed by atoms with E-state index in [0.29, 0.717) is 12.4 Å². The van der Waals surface area contributed by atoms with Crippen molar-refractivity contribution in [3.05, 3.63) is 11.9 Å². The zero-order chi connectivity index (χ0) is 12.2. The third-order valence-corrected chi connectivity index (χ3v) is 2.57. The lowest BCUT2D eigenvalue weighted by atomic mass is 10.1. The summed E-state index contributed by atoms with van der Waals surface area (Å²) in [4.78, 5) is 8.16. The third kappa shape index (κ3) is 3.06. The van der Waals surface area contributed by atoms with E-state index in [9.17, 15) is 0 Å². The predicted octanol–water partition coefficient (Wildman–Crippen LogP) is 1.46. The van der Waals surface area contributed by atoms with Crippen LogP contribution in [-0.4, -0.2) is 29.2 Å². The molecule has 0 fully saturated rings. The molecule has 0 spiro atoms. The van der Waals surface area contributed by atoms with Gasteiger partial charge in [-0.2, -0.15) is 0 Å². The number of methoxy groups -OCH3 is 1. The minimum Gasteiger partial charge on any atom is -0.383 e. The largest absolute Gasteiger partial charge is 0.383 e. The fraction of sp³-hybridized carbons (Fsp3) is 0.636. The van der Waals surface area contributed by atoms with E-state index < -0.39 is 0 Å². The number of hydrogen-bond donors (Lipinski definition) is 2. The number of ether oxygens (including phenoxy) is 1. The lowest BCUT2D eigenvalue weighted by Gasteiger charge is -2.24. The van der Waals surface area contributed by atoms with Gasteiger partial charge in [0.1, 0.15) is 18.0 Å². The van der Waals surface area contributed by atoms with Gasteiger partial charge in [-0.15, -0.1) is 0 Å². The lowest BCUT2D eigenvalue weighted by Crippen LogP contribution is -2.32. The Kier molecular flexibility index (Phi) is 4.06. The second-order valence-electron chi connectivity index (χ2n) is 4.26. The van der Waals surface area contributed by atoms with Gasteiger partial charge in [0.2, 0.25) is 0 Å². The van der Waals surface area contributed by atoms with Crippen molar-refractivity contribution in [2.45, 2.75) is 32.8 Å². The van der Waals surface area contributed by atoms with Crippen LogP contribution in [-0.2, 0) is 11.2 Å². The third-order valence-electron chi connectivity index (χ3n) is 2.57. The van der Waals surface area contributed by atoms with Gasteiger partial charge in [0.05, 0.1) is 5.60 Å². The van der Waals surface area contributed by atoms with Crippen molar-refractivity contribution in [3.8, 4) is 0 Å². The Balaban J connectivity index is 2.78. The number of rotatable bonds is 5. The quantitative estimate of drug-likeness (QED) is 0.792. The first-order chi connectivity index (χ1) is 7.50. The van der Waals surface area contributed by atoms with Crippen molar-refractivity contribution < 1.29 is 4.74 Å². The summed E-state index contributed by atoms with van der Waals surface area (Å²) in [5, 5.41) is 3.24. The van der Waals surface area contributed by atoms with E-state index in [2.05, 4.69) is 15.3 Å². The Hall–Kier alpha value is -1.36. The van der Waals surface area contributed by atoms with Crippen LogP contribution < -0.4 is 11.1 Å². The van der Waals surface area contributed by atoms with E-state index in [1.54, 1.807) is 7.11 Å². The number of nitrogens with two attached hydrogens (primary N) is 1. The maximum atomic E-state index is 5.78. The standard InChI is InChI=1S/C11H20N4O/c1-5-8-9(12)14-7-15-10(8)13-6-11(2,3)16-4/h7H,5-6H2,1-4H3,(H3,12,13,14,15). The molecular formula is C11H20N4O. The summed E-state index contributed by atoms with van der Waals surface area (Å²) >= 11 is 0. The van der Waals surface area contributed by atoms with Crippen LogP contribution in [0.4, 0.5) is 11.6 Å². The highest BCUT2D eigenvalue weighted by atomic mass is 16.5. The van der Waals surface area contributed by atoms with E-state index in [1.807, 2.05) is 20.8 Å². The van der Waals surface area contributed by atoms with Crippen molar-refractivity contribution >= 4 is 11.6 Å². The van der Waals surface area contributed by atoms with Crippen LogP contribution in [0.25, 0.3) is 0 Å². The fourth-order valence-corrected chi connectivity index (χ4v) is 1.30. The number of nitrogens with one attached hydrogen (secondary N) is 1. The van der Waals surface area contributed by atoms with Gasteiger partial charge in [0.25, 0.3) is 0 Å². The van der Waals surface area contributed by atoms with Crippen LogP contribution in [0.1, 0.15) is 26.3 Å². The molecule has 1 aromatic rings. The summed E-state index contributed by atoms with van der Waals surface area (Å²) in [6, 6.07) is 0. The van der Waals surface area contributed by atoms with Crippen LogP contribution in [0.5, 0.6) is 0 Å². The molecule has 5 heteroatoms. The fourth-order valence-electron chi connectivity index (χ4n) is 1.30. The summed E-state index contributed by atoms with van der Waals surface area (Å²) in [7, 11) is 1.69. The highest BCUT2D eigenvalue weighted by molar-refractivity contribution is 5.54. The molecule has 16 heavy (non-hydrogen) atoms. The van der Waals surface area contributed by atoms with E-state index in [-0.39, 0.29) is 5.60 Å². The number of nitrogen functional groups attached to an aromatic ring is 1. The van der Waals surface area contributed by atoms with Crippen molar-refractivity contribution in [2.75, 3.05) is 24.7 Å². The zero-order valence-corrected chi connectivity index (χ0v) is 10.4. The van der Waals surface area contributed by atoms with Gasteiger partial charge in [0.15, 0.2) is 0 Å². The predicted molar refractivity (Wildman–Crippen MR) is 65.4 cm³/mol. The van der Waals surface area contributed by atoms with Crippen LogP contribution in [0, 0.1) is 0 Å². The summed E-state index contributed by atoms with van der Waals surface area (Å²) in [6.07, 6.45) is 2.28. The number of hydrogen-bond acceptors (Lipinski definition) is 5. The smallest absolute Gasteiger partial charge is 0.134 e. The van der Waals surface area contributed by atoms with Crippen molar-refractivity contribution in [1.29, 1.82) is 0 Å². The van der Waals surface area contributed by atoms with Crippen molar-refractivity contribution in [2.24, 2.45) is 0 Å². The maximum Gasteiger partial charge on any atom is 0.134 e. The molecule has 90 valence electrons. The highest BCUT2D eigenvalue weighted by Crippen LogP contribution is 2.18. The number of aromatic nitrogens is 2. The molecule has 0 bridgehead atoms. The van der Waals surface area contributed by atoms with E-state index in [4.69, 9.17) is 10.5 Å². The molecule has 0 aliphatic carbocycles. The molecule has 0 aliphatic rings. The average molecular weight is 224 g/mol. The van der Waals surface area contributed by atoms with Gasteiger partial charge in [-0.3, -0.25) is 0 Å². The lowest BCUT2D eigenvalue weighted by molar-refractivity contribution is 0.0343. The van der Waals surface area contributed by atoms with Crippen LogP contribution in [0.2, 0.25) is 0 Å². The highest BCUT2D eigenvalue weighted by Gasteiger charge is 2.17. The van der Waals surface area contributed by atoms with Crippen molar-refractivity contribution in [1.82, 2.24) is 9.97 Å². The minimum absolute atomic E-state index is 0.231. The molecule has 0 aromatic carbocycles. The first kappa shape index (κ1) is 12.7. The molecule has 0 atom stereocenters. The van der Waals surface area contributed by atoms with Gasteiger partial charge in [-0.05, 0) is 20.3 Å². The normalized spacial score (nSPS) is 11.5. The van der Waals surface area contributed by atoms with Gasteiger partial charge in [-0.25, -0.2) is 9.97 Å². The van der Waals surface area contributed by atoms with E-state index >= 15 is 0 Å². The molecule has 0 aliphatic heterocycles. The average Bonchev–Trinajstić information content (AvgIpc) is 2.26. The maximum absolute atomic E-state index is 5.78. The van der Waals surface area contributed by atoms with Gasteiger partial charge in [0, 0.05) is 19.2 Å². The first-order valence-electron chi connectivity index (χ1n) is 5.38. The van der Waals surface area contributed by atoms with E-state index in [0.717, 1.165) is 17.8 Å². The molecule has 0 amide bonds. The molecule has 1 aromatic heterocycles. The Labute approximate surface area is 96.4 Å². The molecule has 0 saturated heterocycles. The zero-order valence-electron chi connectivity index (χ0n) is 10.4. The first-order valence-corrected chi connectivity index (χ1v) is 5.38. The number of anilines is 2. The Bertz CT molecular complexity index is 352. The SMILES string of the molecule is CCc1c(N)ncnc1NCC(C)(C)OC. The summed E-state index contributed by atoms with van der Waals surface area (Å²) in [5.74, 6) is 1.33. The molecule has 3 N–H and O–H groups in total. The molecule has 1 heterocycles. The Morgan fingerprint density at radius 1 is 1.44 bits per heavy atom. The Morgan fingerprint density at radius 2 is 2.12 bits per heavy atom. The van der Waals surface area contributed by atoms with Crippen LogP contribution >= 0.6 is 0 Å². The molecule has 0 radical (unpaired) electrons. The molecule has 0 saturated carbocycles. The monoisotopic (exact) mass is 224 g/mol. The molecular weight excluding hydrogens is 204 g/mol. The second kappa shape index (κ2) is 5.12. The second-order valence-corrected chi connectivity index (χ2v) is 4.26. The minimum atomic E-state index is -0.231. The summed E-state index contributed by atoms with van der Waals surface area (Å²) in [5.41, 5.74) is 6.50. The summed E-state index contributed by atoms with van der Waals surface area (Å²) in [6.45, 7) is 6.72. The Morgan fingerprint density at radius 3 is 2.69 bits per heavy atom. The van der Waals surface area contributed by atoms with Crippen LogP contribution in [0.15, 0.2) is 6.33 Å². The van der Waals surface area contributed by atoms with Gasteiger partial charge in [-0.1, -0.05) is 6.92 Å². The topological polar surface area (TPSA) is 73.1 Å². The van der Waals surface area contributed by atoms with E-state index in [1.165, 1.54) is 6.33 Å². The number of nitrogens with zero attached hydrogens (tertiary/aromatic N) is 2. The molecule has 1 rings (SSSR count). The van der Waals surface area contributed by atoms with Gasteiger partial charge >= 0.3 is 0 Å². The van der Waals surface area contributed by atoms with Crippen molar-refractivity contribution in [3.63, 3.8) is 0 Å². The van der Waals surface area contributed by atoms with Gasteiger partial charge < -0.3 is 15.8 Å². The van der Waals surface area contributed by atoms with Crippen LogP contribution in [0.3, 0.4) is 0 Å². The summed E-state index contributed by atoms with van der Waals surface area (Å²) < 4.78 is 5.33. The molecule has 5 nitrogen and oxygen atoms in total.